The van der Waals surface area contributed by atoms with Gasteiger partial charge in [-0.05, 0) is 69.0 Å². The molecule has 1 N–H and O–H groups in total. The highest BCUT2D eigenvalue weighted by atomic mass is 32.2. The van der Waals surface area contributed by atoms with E-state index < -0.39 is 0 Å². The van der Waals surface area contributed by atoms with Gasteiger partial charge in [0.1, 0.15) is 0 Å². The monoisotopic (exact) mass is 235 g/mol. The summed E-state index contributed by atoms with van der Waals surface area (Å²) in [4.78, 5) is 1.42. The molecule has 2 heteroatoms. The van der Waals surface area contributed by atoms with Crippen molar-refractivity contribution >= 4 is 11.8 Å². The number of benzene rings is 1. The molecule has 0 saturated carbocycles. The van der Waals surface area contributed by atoms with Gasteiger partial charge in [0.15, 0.2) is 0 Å². The van der Waals surface area contributed by atoms with Crippen molar-refractivity contribution < 1.29 is 0 Å². The molecule has 1 fully saturated rings. The topological polar surface area (TPSA) is 12.0 Å². The number of rotatable bonds is 3. The molecule has 0 spiro atoms. The Morgan fingerprint density at radius 2 is 2.19 bits per heavy atom. The first-order valence-electron chi connectivity index (χ1n) is 6.16. The second-order valence-electron chi connectivity index (χ2n) is 4.77. The standard InChI is InChI=1S/C14H21NS/c1-11-5-6-14(8-12(11)2)16-10-13-4-3-7-15-9-13/h5-6,8,13,15H,3-4,7,9-10H2,1-2H3. The maximum atomic E-state index is 3.48. The van der Waals surface area contributed by atoms with Crippen LogP contribution in [0.1, 0.15) is 24.0 Å². The van der Waals surface area contributed by atoms with E-state index in [1.54, 1.807) is 0 Å². The summed E-state index contributed by atoms with van der Waals surface area (Å²) in [5, 5.41) is 3.48. The number of nitrogens with one attached hydrogen (secondary N) is 1. The normalized spacial score (nSPS) is 21.0. The molecule has 88 valence electrons. The minimum absolute atomic E-state index is 0.861. The molecule has 1 unspecified atom stereocenters. The summed E-state index contributed by atoms with van der Waals surface area (Å²) in [5.74, 6) is 2.12. The molecule has 1 aliphatic rings. The van der Waals surface area contributed by atoms with Crippen molar-refractivity contribution in [2.45, 2.75) is 31.6 Å². The molecule has 0 amide bonds. The zero-order valence-corrected chi connectivity index (χ0v) is 11.1. The van der Waals surface area contributed by atoms with E-state index in [1.165, 1.54) is 47.7 Å². The third-order valence-electron chi connectivity index (χ3n) is 3.36. The van der Waals surface area contributed by atoms with E-state index in [0.717, 1.165) is 5.92 Å². The van der Waals surface area contributed by atoms with Crippen molar-refractivity contribution in [3.05, 3.63) is 29.3 Å². The number of piperidine rings is 1. The Morgan fingerprint density at radius 1 is 1.31 bits per heavy atom. The molecule has 1 aromatic rings. The minimum atomic E-state index is 0.861. The quantitative estimate of drug-likeness (QED) is 0.806. The smallest absolute Gasteiger partial charge is 0.00748 e. The summed E-state index contributed by atoms with van der Waals surface area (Å²) in [6.07, 6.45) is 2.74. The molecule has 0 radical (unpaired) electrons. The van der Waals surface area contributed by atoms with Crippen molar-refractivity contribution in [2.24, 2.45) is 5.92 Å². The fourth-order valence-electron chi connectivity index (χ4n) is 2.08. The first-order valence-corrected chi connectivity index (χ1v) is 7.15. The van der Waals surface area contributed by atoms with Crippen molar-refractivity contribution in [2.75, 3.05) is 18.8 Å². The largest absolute Gasteiger partial charge is 0.316 e. The third-order valence-corrected chi connectivity index (χ3v) is 4.59. The van der Waals surface area contributed by atoms with E-state index in [2.05, 4.69) is 37.4 Å². The predicted molar refractivity (Wildman–Crippen MR) is 72.2 cm³/mol. The number of hydrogen-bond acceptors (Lipinski definition) is 2. The number of thioether (sulfide) groups is 1. The molecule has 1 saturated heterocycles. The Morgan fingerprint density at radius 3 is 2.88 bits per heavy atom. The van der Waals surface area contributed by atoms with Crippen LogP contribution in [0.5, 0.6) is 0 Å². The highest BCUT2D eigenvalue weighted by Gasteiger charge is 2.12. The van der Waals surface area contributed by atoms with E-state index in [4.69, 9.17) is 0 Å². The molecule has 1 aliphatic heterocycles. The first-order chi connectivity index (χ1) is 7.75. The Balaban J connectivity index is 1.86. The van der Waals surface area contributed by atoms with Crippen LogP contribution in [0.25, 0.3) is 0 Å². The van der Waals surface area contributed by atoms with Gasteiger partial charge in [0.05, 0.1) is 0 Å². The van der Waals surface area contributed by atoms with E-state index >= 15 is 0 Å². The van der Waals surface area contributed by atoms with Crippen LogP contribution in [-0.4, -0.2) is 18.8 Å². The maximum Gasteiger partial charge on any atom is 0.00748 e. The van der Waals surface area contributed by atoms with Gasteiger partial charge in [-0.3, -0.25) is 0 Å². The van der Waals surface area contributed by atoms with Crippen molar-refractivity contribution in [1.82, 2.24) is 5.32 Å². The molecule has 2 rings (SSSR count). The van der Waals surface area contributed by atoms with Gasteiger partial charge in [-0.15, -0.1) is 11.8 Å². The van der Waals surface area contributed by atoms with Gasteiger partial charge in [-0.25, -0.2) is 0 Å². The summed E-state index contributed by atoms with van der Waals surface area (Å²) in [7, 11) is 0. The zero-order valence-electron chi connectivity index (χ0n) is 10.3. The average Bonchev–Trinajstić information content (AvgIpc) is 2.32. The lowest BCUT2D eigenvalue weighted by Crippen LogP contribution is -2.30. The van der Waals surface area contributed by atoms with Gasteiger partial charge in [0, 0.05) is 10.6 Å². The van der Waals surface area contributed by atoms with Gasteiger partial charge < -0.3 is 5.32 Å². The zero-order chi connectivity index (χ0) is 11.4. The van der Waals surface area contributed by atoms with Crippen LogP contribution < -0.4 is 5.32 Å². The van der Waals surface area contributed by atoms with Crippen LogP contribution in [0, 0.1) is 19.8 Å². The molecule has 0 aromatic heterocycles. The fourth-order valence-corrected chi connectivity index (χ4v) is 3.22. The van der Waals surface area contributed by atoms with Crippen LogP contribution in [0.2, 0.25) is 0 Å². The lowest BCUT2D eigenvalue weighted by atomic mass is 10.0. The van der Waals surface area contributed by atoms with E-state index in [-0.39, 0.29) is 0 Å². The van der Waals surface area contributed by atoms with E-state index in [0.29, 0.717) is 0 Å². The SMILES string of the molecule is Cc1ccc(SCC2CCCNC2)cc1C. The second-order valence-corrected chi connectivity index (χ2v) is 5.86. The summed E-state index contributed by atoms with van der Waals surface area (Å²) in [6, 6.07) is 6.80. The first kappa shape index (κ1) is 12.0. The summed E-state index contributed by atoms with van der Waals surface area (Å²) >= 11 is 2.01. The molecule has 1 aromatic carbocycles. The van der Waals surface area contributed by atoms with Gasteiger partial charge >= 0.3 is 0 Å². The van der Waals surface area contributed by atoms with Gasteiger partial charge in [0.25, 0.3) is 0 Å². The second kappa shape index (κ2) is 5.74. The molecular formula is C14H21NS. The highest BCUT2D eigenvalue weighted by molar-refractivity contribution is 7.99. The van der Waals surface area contributed by atoms with E-state index in [1.807, 2.05) is 11.8 Å². The van der Waals surface area contributed by atoms with Crippen molar-refractivity contribution in [1.29, 1.82) is 0 Å². The lowest BCUT2D eigenvalue weighted by Gasteiger charge is -2.22. The minimum Gasteiger partial charge on any atom is -0.316 e. The van der Waals surface area contributed by atoms with Gasteiger partial charge in [-0.1, -0.05) is 6.07 Å². The van der Waals surface area contributed by atoms with Crippen molar-refractivity contribution in [3.8, 4) is 0 Å². The predicted octanol–water partition coefficient (Wildman–Crippen LogP) is 3.40. The van der Waals surface area contributed by atoms with Crippen LogP contribution in [0.3, 0.4) is 0 Å². The molecule has 0 aliphatic carbocycles. The summed E-state index contributed by atoms with van der Waals surface area (Å²) < 4.78 is 0. The van der Waals surface area contributed by atoms with Crippen molar-refractivity contribution in [3.63, 3.8) is 0 Å². The molecule has 16 heavy (non-hydrogen) atoms. The lowest BCUT2D eigenvalue weighted by molar-refractivity contribution is 0.410. The maximum absolute atomic E-state index is 3.48. The fraction of sp³-hybridized carbons (Fsp3) is 0.571. The Hall–Kier alpha value is -0.470. The molecule has 0 bridgehead atoms. The molecule has 1 nitrogen and oxygen atoms in total. The van der Waals surface area contributed by atoms with Crippen LogP contribution in [-0.2, 0) is 0 Å². The number of hydrogen-bond donors (Lipinski definition) is 1. The van der Waals surface area contributed by atoms with Crippen LogP contribution >= 0.6 is 11.8 Å². The molecular weight excluding hydrogens is 214 g/mol. The Kier molecular flexibility index (Phi) is 4.30. The van der Waals surface area contributed by atoms with Crippen LogP contribution in [0.15, 0.2) is 23.1 Å². The Labute approximate surface area is 103 Å². The summed E-state index contributed by atoms with van der Waals surface area (Å²) in [5.41, 5.74) is 2.80. The van der Waals surface area contributed by atoms with Crippen LogP contribution in [0.4, 0.5) is 0 Å². The van der Waals surface area contributed by atoms with Gasteiger partial charge in [-0.2, -0.15) is 0 Å². The third kappa shape index (κ3) is 3.26. The summed E-state index contributed by atoms with van der Waals surface area (Å²) in [6.45, 7) is 6.79. The highest BCUT2D eigenvalue weighted by Crippen LogP contribution is 2.25. The molecule has 1 heterocycles. The Bertz CT molecular complexity index is 343. The van der Waals surface area contributed by atoms with E-state index in [9.17, 15) is 0 Å². The number of aryl methyl sites for hydroxylation is 2. The van der Waals surface area contributed by atoms with Gasteiger partial charge in [0.2, 0.25) is 0 Å². The molecule has 1 atom stereocenters. The average molecular weight is 235 g/mol.